The van der Waals surface area contributed by atoms with Gasteiger partial charge in [0.2, 0.25) is 27.3 Å². The van der Waals surface area contributed by atoms with Crippen LogP contribution in [0.5, 0.6) is 0 Å². The summed E-state index contributed by atoms with van der Waals surface area (Å²) in [4.78, 5) is 54.6. The number of nitrogens with one attached hydrogen (secondary N) is 1. The van der Waals surface area contributed by atoms with E-state index in [1.807, 2.05) is 44.2 Å². The van der Waals surface area contributed by atoms with Crippen LogP contribution in [0.4, 0.5) is 0 Å². The predicted octanol–water partition coefficient (Wildman–Crippen LogP) is 4.83. The molecule has 56 heavy (non-hydrogen) atoms. The fourth-order valence-electron chi connectivity index (χ4n) is 7.76. The van der Waals surface area contributed by atoms with Gasteiger partial charge < -0.3 is 29.2 Å². The maximum absolute atomic E-state index is 14.7. The first-order valence-electron chi connectivity index (χ1n) is 18.6. The van der Waals surface area contributed by atoms with Crippen molar-refractivity contribution in [2.45, 2.75) is 88.9 Å². The van der Waals surface area contributed by atoms with Crippen molar-refractivity contribution in [3.05, 3.63) is 123 Å². The molecular formula is C42H45N3O10S. The maximum Gasteiger partial charge on any atom is 0.352 e. The van der Waals surface area contributed by atoms with Crippen molar-refractivity contribution in [1.82, 2.24) is 14.2 Å². The van der Waals surface area contributed by atoms with Crippen LogP contribution in [0.25, 0.3) is 11.1 Å². The Kier molecular flexibility index (Phi) is 10.3. The Morgan fingerprint density at radius 2 is 1.57 bits per heavy atom. The molecule has 1 aromatic heterocycles. The zero-order valence-electron chi connectivity index (χ0n) is 31.7. The van der Waals surface area contributed by atoms with Crippen molar-refractivity contribution >= 4 is 27.9 Å². The third-order valence-corrected chi connectivity index (χ3v) is 12.8. The van der Waals surface area contributed by atoms with E-state index in [1.165, 1.54) is 36.6 Å². The van der Waals surface area contributed by atoms with E-state index in [0.717, 1.165) is 15.4 Å². The second-order valence-electron chi connectivity index (χ2n) is 15.4. The molecule has 3 aliphatic heterocycles. The summed E-state index contributed by atoms with van der Waals surface area (Å²) in [6.07, 6.45) is -0.168. The van der Waals surface area contributed by atoms with Gasteiger partial charge in [-0.3, -0.25) is 14.4 Å². The molecular weight excluding hydrogens is 739 g/mol. The number of sulfonamides is 1. The molecule has 0 aliphatic carbocycles. The van der Waals surface area contributed by atoms with E-state index >= 15 is 0 Å². The molecule has 7 rings (SSSR count). The molecule has 0 radical (unpaired) electrons. The highest BCUT2D eigenvalue weighted by Crippen LogP contribution is 2.45. The number of nitrogens with zero attached hydrogens (tertiary/aromatic N) is 2. The smallest absolute Gasteiger partial charge is 0.352 e. The highest BCUT2D eigenvalue weighted by Gasteiger charge is 2.53. The van der Waals surface area contributed by atoms with E-state index in [0.29, 0.717) is 24.3 Å². The van der Waals surface area contributed by atoms with Crippen LogP contribution in [0.1, 0.15) is 68.5 Å². The fraction of sp³-hybridized carbons (Fsp3) is 0.381. The van der Waals surface area contributed by atoms with E-state index in [1.54, 1.807) is 36.4 Å². The van der Waals surface area contributed by atoms with Gasteiger partial charge in [0.25, 0.3) is 5.56 Å². The average molecular weight is 784 g/mol. The Balaban J connectivity index is 1.31. The average Bonchev–Trinajstić information content (AvgIpc) is 3.55. The van der Waals surface area contributed by atoms with Gasteiger partial charge in [0.05, 0.1) is 23.8 Å². The highest BCUT2D eigenvalue weighted by atomic mass is 32.2. The molecule has 4 aromatic rings. The van der Waals surface area contributed by atoms with E-state index in [9.17, 15) is 32.7 Å². The lowest BCUT2D eigenvalue weighted by Crippen LogP contribution is -2.53. The lowest BCUT2D eigenvalue weighted by molar-refractivity contribution is -0.306. The molecule has 14 heteroatoms. The number of carboxylic acid groups (broad SMARTS) is 1. The summed E-state index contributed by atoms with van der Waals surface area (Å²) >= 11 is 0. The number of rotatable bonds is 10. The Labute approximate surface area is 325 Å². The van der Waals surface area contributed by atoms with Gasteiger partial charge >= 0.3 is 11.9 Å². The molecule has 4 heterocycles. The largest absolute Gasteiger partial charge is 0.478 e. The molecule has 1 amide bonds. The lowest BCUT2D eigenvalue weighted by atomic mass is 9.86. The minimum Gasteiger partial charge on any atom is -0.478 e. The van der Waals surface area contributed by atoms with E-state index < -0.39 is 50.9 Å². The third-order valence-electron chi connectivity index (χ3n) is 11.0. The number of aliphatic carboxylic acids is 1. The van der Waals surface area contributed by atoms with Gasteiger partial charge in [-0.05, 0) is 46.9 Å². The minimum atomic E-state index is -4.36. The first kappa shape index (κ1) is 39.1. The zero-order chi connectivity index (χ0) is 40.0. The lowest BCUT2D eigenvalue weighted by Gasteiger charge is -2.42. The van der Waals surface area contributed by atoms with Crippen molar-refractivity contribution in [2.75, 3.05) is 13.2 Å². The summed E-state index contributed by atoms with van der Waals surface area (Å²) in [5.74, 6) is -4.51. The first-order chi connectivity index (χ1) is 26.6. The van der Waals surface area contributed by atoms with E-state index in [2.05, 4.69) is 5.32 Å². The molecule has 0 saturated carbocycles. The number of carbonyl (C=O) groups is 3. The molecule has 1 saturated heterocycles. The number of carboxylic acids is 1. The Hall–Kier alpha value is -5.15. The van der Waals surface area contributed by atoms with Crippen LogP contribution in [0.2, 0.25) is 0 Å². The molecule has 13 nitrogen and oxygen atoms in total. The minimum absolute atomic E-state index is 0.0560. The van der Waals surface area contributed by atoms with Crippen LogP contribution < -0.4 is 10.9 Å². The molecule has 294 valence electrons. The highest BCUT2D eigenvalue weighted by molar-refractivity contribution is 7.89. The van der Waals surface area contributed by atoms with Crippen LogP contribution in [0.3, 0.4) is 0 Å². The zero-order valence-corrected chi connectivity index (χ0v) is 32.6. The van der Waals surface area contributed by atoms with Gasteiger partial charge in [-0.25, -0.2) is 13.2 Å². The van der Waals surface area contributed by atoms with Crippen LogP contribution in [0.15, 0.2) is 94.6 Å². The van der Waals surface area contributed by atoms with Crippen molar-refractivity contribution < 1.29 is 42.1 Å². The molecule has 2 N–H and O–H groups in total. The predicted molar refractivity (Wildman–Crippen MR) is 204 cm³/mol. The summed E-state index contributed by atoms with van der Waals surface area (Å²) in [5, 5.41) is 13.7. The summed E-state index contributed by atoms with van der Waals surface area (Å²) in [6.45, 7) is 7.00. The Morgan fingerprint density at radius 3 is 2.20 bits per heavy atom. The summed E-state index contributed by atoms with van der Waals surface area (Å²) < 4.78 is 50.1. The van der Waals surface area contributed by atoms with Gasteiger partial charge in [-0.1, -0.05) is 87.5 Å². The Morgan fingerprint density at radius 1 is 0.946 bits per heavy atom. The van der Waals surface area contributed by atoms with Crippen LogP contribution in [-0.2, 0) is 76.1 Å². The molecule has 0 unspecified atom stereocenters. The van der Waals surface area contributed by atoms with Gasteiger partial charge in [0.1, 0.15) is 6.04 Å². The van der Waals surface area contributed by atoms with Crippen molar-refractivity contribution in [3.63, 3.8) is 0 Å². The molecule has 3 aliphatic rings. The molecule has 2 atom stereocenters. The first-order valence-corrected chi connectivity index (χ1v) is 20.1. The van der Waals surface area contributed by atoms with E-state index in [4.69, 9.17) is 14.2 Å². The second kappa shape index (κ2) is 14.7. The number of carbonyl (C=O) groups excluding carboxylic acids is 2. The number of hydrogen-bond acceptors (Lipinski definition) is 9. The van der Waals surface area contributed by atoms with Crippen molar-refractivity contribution in [3.8, 4) is 11.1 Å². The number of benzene rings is 3. The summed E-state index contributed by atoms with van der Waals surface area (Å²) in [5.41, 5.74) is -0.287. The van der Waals surface area contributed by atoms with Crippen LogP contribution in [-0.4, -0.2) is 59.5 Å². The molecule has 3 aromatic carbocycles. The number of pyridine rings is 1. The Bertz CT molecular complexity index is 2350. The summed E-state index contributed by atoms with van der Waals surface area (Å²) in [6, 6.07) is 22.9. The number of esters is 1. The van der Waals surface area contributed by atoms with Gasteiger partial charge in [-0.15, -0.1) is 0 Å². The normalized spacial score (nSPS) is 19.7. The fourth-order valence-corrected chi connectivity index (χ4v) is 9.32. The van der Waals surface area contributed by atoms with Gasteiger partial charge in [-0.2, -0.15) is 4.31 Å². The van der Waals surface area contributed by atoms with Crippen LogP contribution in [0, 0.1) is 5.41 Å². The number of amides is 1. The van der Waals surface area contributed by atoms with Gasteiger partial charge in [0, 0.05) is 55.9 Å². The number of hydrogen-bond donors (Lipinski definition) is 2. The summed E-state index contributed by atoms with van der Waals surface area (Å²) in [7, 11) is -4.36. The molecule has 1 fully saturated rings. The monoisotopic (exact) mass is 783 g/mol. The third kappa shape index (κ3) is 6.95. The van der Waals surface area contributed by atoms with Crippen LogP contribution >= 0.6 is 0 Å². The van der Waals surface area contributed by atoms with E-state index in [-0.39, 0.29) is 66.0 Å². The second-order valence-corrected chi connectivity index (χ2v) is 17.3. The van der Waals surface area contributed by atoms with Crippen molar-refractivity contribution in [2.24, 2.45) is 5.41 Å². The number of aromatic nitrogens is 1. The number of fused-ring (bicyclic) bond motifs is 3. The quantitative estimate of drug-likeness (QED) is 0.213. The molecule has 0 bridgehead atoms. The maximum atomic E-state index is 14.7. The topological polar surface area (TPSA) is 171 Å². The van der Waals surface area contributed by atoms with Gasteiger partial charge in [0.15, 0.2) is 0 Å². The SMILES string of the molecule is CC[C@@](OC(=O)[C@H]1Cc2ccccc2CN1S(=O)(=O)c1ccc(-c2ccccc2)cc1)(C(=O)O)c1cc2n(c(=O)c1CNC(C)=O)CCC21OCC(C)(C)CO1. The number of ether oxygens (including phenoxy) is 3. The molecule has 1 spiro atoms. The standard InChI is InChI=1S/C42H45N3O10S/c1-5-41(39(49)50,34-22-36-42(53-25-40(3,4)26-54-42)19-20-44(36)37(47)33(34)23-43-27(2)46)55-38(48)35-21-30-13-9-10-14-31(30)24-45(35)56(51,52)32-17-15-29(16-18-32)28-11-7-6-8-12-28/h6-18,22,35H,5,19-21,23-26H2,1-4H3,(H,43,46)(H,49,50)/t35-,41+/m1/s1. The van der Waals surface area contributed by atoms with Crippen molar-refractivity contribution in [1.29, 1.82) is 0 Å².